The van der Waals surface area contributed by atoms with Crippen molar-refractivity contribution in [3.05, 3.63) is 24.3 Å². The van der Waals surface area contributed by atoms with Crippen molar-refractivity contribution in [2.45, 2.75) is 32.7 Å². The highest BCUT2D eigenvalue weighted by atomic mass is 16.2. The van der Waals surface area contributed by atoms with Crippen molar-refractivity contribution < 1.29 is 9.59 Å². The van der Waals surface area contributed by atoms with Gasteiger partial charge in [0.05, 0.1) is 17.1 Å². The van der Waals surface area contributed by atoms with Gasteiger partial charge in [-0.05, 0) is 24.5 Å². The number of nitrogens with one attached hydrogen (secondary N) is 2. The molecule has 3 amide bonds. The fourth-order valence-electron chi connectivity index (χ4n) is 2.90. The molecule has 2 unspecified atom stereocenters. The Hall–Kier alpha value is -2.61. The fraction of sp³-hybridized carbons (Fsp3) is 0.471. The lowest BCUT2D eigenvalue weighted by Gasteiger charge is -2.31. The lowest BCUT2D eigenvalue weighted by atomic mass is 9.99. The number of carbonyl (C=O) groups is 2. The number of hydrazine groups is 1. The Morgan fingerprint density at radius 1 is 1.32 bits per heavy atom. The van der Waals surface area contributed by atoms with Crippen LogP contribution in [0.2, 0.25) is 0 Å². The van der Waals surface area contributed by atoms with E-state index in [1.165, 1.54) is 10.0 Å². The number of rotatable bonds is 4. The van der Waals surface area contributed by atoms with Crippen molar-refractivity contribution in [3.8, 4) is 0 Å². The maximum atomic E-state index is 12.6. The molecule has 0 radical (unpaired) electrons. The van der Waals surface area contributed by atoms with E-state index in [0.717, 1.165) is 23.9 Å². The number of imidazole rings is 1. The second-order valence-electron chi connectivity index (χ2n) is 6.38. The van der Waals surface area contributed by atoms with Crippen LogP contribution in [0.4, 0.5) is 10.7 Å². The summed E-state index contributed by atoms with van der Waals surface area (Å²) in [6.45, 7) is 4.91. The lowest BCUT2D eigenvalue weighted by molar-refractivity contribution is -0.142. The maximum absolute atomic E-state index is 12.6. The molecule has 8 nitrogen and oxygen atoms in total. The number of nitrogens with zero attached hydrogens (tertiary/aromatic N) is 3. The van der Waals surface area contributed by atoms with E-state index in [9.17, 15) is 9.59 Å². The molecule has 0 spiro atoms. The summed E-state index contributed by atoms with van der Waals surface area (Å²) in [4.78, 5) is 32.6. The number of anilines is 1. The van der Waals surface area contributed by atoms with Crippen molar-refractivity contribution in [2.24, 2.45) is 11.7 Å². The molecule has 25 heavy (non-hydrogen) atoms. The van der Waals surface area contributed by atoms with Crippen molar-refractivity contribution in [1.82, 2.24) is 20.0 Å². The first-order chi connectivity index (χ1) is 12.0. The zero-order valence-corrected chi connectivity index (χ0v) is 14.5. The molecule has 2 atom stereocenters. The van der Waals surface area contributed by atoms with E-state index < -0.39 is 6.04 Å². The molecule has 3 rings (SSSR count). The molecule has 8 heteroatoms. The van der Waals surface area contributed by atoms with E-state index >= 15 is 0 Å². The first-order valence-corrected chi connectivity index (χ1v) is 8.61. The average molecular weight is 344 g/mol. The number of aromatic nitrogens is 2. The minimum Gasteiger partial charge on any atom is -0.324 e. The number of nitrogens with two attached hydrogens (primary N) is 1. The molecule has 1 aromatic carbocycles. The maximum Gasteiger partial charge on any atom is 0.343 e. The molecule has 1 aliphatic rings. The van der Waals surface area contributed by atoms with E-state index in [-0.39, 0.29) is 17.9 Å². The highest BCUT2D eigenvalue weighted by Gasteiger charge is 2.35. The second kappa shape index (κ2) is 7.10. The monoisotopic (exact) mass is 344 g/mol. The molecule has 1 fully saturated rings. The SMILES string of the molecule is CCC(C)C(N)C(=O)N1CCCN1C(=O)Nc1nc2ccccc2[nH]1. The van der Waals surface area contributed by atoms with Gasteiger partial charge in [-0.1, -0.05) is 32.4 Å². The number of amides is 3. The Morgan fingerprint density at radius 3 is 2.76 bits per heavy atom. The van der Waals surface area contributed by atoms with Crippen molar-refractivity contribution in [3.63, 3.8) is 0 Å². The Kier molecular flexibility index (Phi) is 4.89. The Balaban J connectivity index is 1.71. The third-order valence-corrected chi connectivity index (χ3v) is 4.68. The molecule has 134 valence electrons. The third-order valence-electron chi connectivity index (χ3n) is 4.68. The molecule has 2 aromatic rings. The quantitative estimate of drug-likeness (QED) is 0.787. The summed E-state index contributed by atoms with van der Waals surface area (Å²) in [5, 5.41) is 5.59. The first-order valence-electron chi connectivity index (χ1n) is 8.61. The van der Waals surface area contributed by atoms with Crippen LogP contribution in [0, 0.1) is 5.92 Å². The molecule has 0 saturated carbocycles. The van der Waals surface area contributed by atoms with Crippen LogP contribution in [-0.2, 0) is 4.79 Å². The predicted molar refractivity (Wildman–Crippen MR) is 95.6 cm³/mol. The lowest BCUT2D eigenvalue weighted by Crippen LogP contribution is -2.53. The van der Waals surface area contributed by atoms with Crippen LogP contribution in [0.5, 0.6) is 0 Å². The summed E-state index contributed by atoms with van der Waals surface area (Å²) in [5.74, 6) is 0.205. The molecule has 0 aliphatic carbocycles. The fourth-order valence-corrected chi connectivity index (χ4v) is 2.90. The normalized spacial score (nSPS) is 16.9. The summed E-state index contributed by atoms with van der Waals surface area (Å²) >= 11 is 0. The van der Waals surface area contributed by atoms with Gasteiger partial charge in [-0.15, -0.1) is 0 Å². The Labute approximate surface area is 146 Å². The predicted octanol–water partition coefficient (Wildman–Crippen LogP) is 1.92. The molecule has 4 N–H and O–H groups in total. The van der Waals surface area contributed by atoms with Crippen molar-refractivity contribution in [1.29, 1.82) is 0 Å². The first kappa shape index (κ1) is 17.2. The highest BCUT2D eigenvalue weighted by Crippen LogP contribution is 2.18. The molecular weight excluding hydrogens is 320 g/mol. The minimum atomic E-state index is -0.607. The summed E-state index contributed by atoms with van der Waals surface area (Å²) in [7, 11) is 0. The summed E-state index contributed by atoms with van der Waals surface area (Å²) in [6.07, 6.45) is 1.54. The number of benzene rings is 1. The third kappa shape index (κ3) is 3.43. The average Bonchev–Trinajstić information content (AvgIpc) is 3.25. The number of hydrogen-bond acceptors (Lipinski definition) is 4. The minimum absolute atomic E-state index is 0.0633. The van der Waals surface area contributed by atoms with Crippen LogP contribution in [0.25, 0.3) is 11.0 Å². The van der Waals surface area contributed by atoms with Gasteiger partial charge in [0, 0.05) is 13.1 Å². The number of carbonyl (C=O) groups excluding carboxylic acids is 2. The largest absolute Gasteiger partial charge is 0.343 e. The van der Waals surface area contributed by atoms with Gasteiger partial charge in [0.2, 0.25) is 5.95 Å². The van der Waals surface area contributed by atoms with E-state index in [4.69, 9.17) is 5.73 Å². The molecule has 1 aliphatic heterocycles. The van der Waals surface area contributed by atoms with Gasteiger partial charge in [0.15, 0.2) is 0 Å². The van der Waals surface area contributed by atoms with E-state index in [0.29, 0.717) is 19.0 Å². The summed E-state index contributed by atoms with van der Waals surface area (Å²) < 4.78 is 0. The van der Waals surface area contributed by atoms with E-state index in [2.05, 4.69) is 15.3 Å². The molecule has 1 saturated heterocycles. The standard InChI is InChI=1S/C17H24N6O2/c1-3-11(2)14(18)15(24)22-9-6-10-23(22)17(25)21-16-19-12-7-4-5-8-13(12)20-16/h4-5,7-8,11,14H,3,6,9-10,18H2,1-2H3,(H2,19,20,21,25). The van der Waals surface area contributed by atoms with Crippen LogP contribution in [0.15, 0.2) is 24.3 Å². The van der Waals surface area contributed by atoms with Gasteiger partial charge in [-0.3, -0.25) is 10.1 Å². The molecule has 1 aromatic heterocycles. The zero-order chi connectivity index (χ0) is 18.0. The molecular formula is C17H24N6O2. The number of fused-ring (bicyclic) bond motifs is 1. The van der Waals surface area contributed by atoms with Gasteiger partial charge in [0.1, 0.15) is 0 Å². The van der Waals surface area contributed by atoms with E-state index in [1.54, 1.807) is 0 Å². The smallest absolute Gasteiger partial charge is 0.324 e. The van der Waals surface area contributed by atoms with Crippen LogP contribution in [0.1, 0.15) is 26.7 Å². The van der Waals surface area contributed by atoms with Crippen molar-refractivity contribution in [2.75, 3.05) is 18.4 Å². The van der Waals surface area contributed by atoms with Crippen LogP contribution in [-0.4, -0.2) is 51.1 Å². The zero-order valence-electron chi connectivity index (χ0n) is 14.5. The summed E-state index contributed by atoms with van der Waals surface area (Å²) in [5.41, 5.74) is 7.66. The number of para-hydroxylation sites is 2. The second-order valence-corrected chi connectivity index (χ2v) is 6.38. The number of hydrogen-bond donors (Lipinski definition) is 3. The van der Waals surface area contributed by atoms with Gasteiger partial charge in [-0.25, -0.2) is 19.8 Å². The Bertz CT molecular complexity index is 740. The van der Waals surface area contributed by atoms with Crippen molar-refractivity contribution >= 4 is 28.9 Å². The highest BCUT2D eigenvalue weighted by molar-refractivity contribution is 5.92. The number of H-pyrrole nitrogens is 1. The summed E-state index contributed by atoms with van der Waals surface area (Å²) in [6, 6.07) is 6.52. The number of aromatic amines is 1. The molecule has 0 bridgehead atoms. The molecule has 2 heterocycles. The van der Waals surface area contributed by atoms with Gasteiger partial charge in [0.25, 0.3) is 5.91 Å². The van der Waals surface area contributed by atoms with Gasteiger partial charge in [-0.2, -0.15) is 0 Å². The number of urea groups is 1. The van der Waals surface area contributed by atoms with Crippen LogP contribution >= 0.6 is 0 Å². The Morgan fingerprint density at radius 2 is 2.04 bits per heavy atom. The topological polar surface area (TPSA) is 107 Å². The van der Waals surface area contributed by atoms with Crippen LogP contribution < -0.4 is 11.1 Å². The van der Waals surface area contributed by atoms with E-state index in [1.807, 2.05) is 38.1 Å². The van der Waals surface area contributed by atoms with Gasteiger partial charge >= 0.3 is 6.03 Å². The van der Waals surface area contributed by atoms with Crippen LogP contribution in [0.3, 0.4) is 0 Å². The van der Waals surface area contributed by atoms with Gasteiger partial charge < -0.3 is 10.7 Å².